The number of nitro groups is 1. The van der Waals surface area contributed by atoms with E-state index >= 15 is 0 Å². The van der Waals surface area contributed by atoms with Crippen LogP contribution in [0.1, 0.15) is 12.6 Å². The molecule has 0 aliphatic heterocycles. The predicted molar refractivity (Wildman–Crippen MR) is 125 cm³/mol. The molecule has 11 heteroatoms. The number of para-hydroxylation sites is 3. The molecule has 170 valence electrons. The van der Waals surface area contributed by atoms with Crippen LogP contribution >= 0.6 is 11.3 Å². The van der Waals surface area contributed by atoms with E-state index < -0.39 is 16.6 Å². The third-order valence-corrected chi connectivity index (χ3v) is 5.20. The number of carbonyl (C=O) groups is 2. The number of rotatable bonds is 9. The van der Waals surface area contributed by atoms with E-state index in [2.05, 4.69) is 15.6 Å². The van der Waals surface area contributed by atoms with Gasteiger partial charge in [0.15, 0.2) is 5.13 Å². The number of hydrogen-bond acceptors (Lipinski definition) is 7. The van der Waals surface area contributed by atoms with Gasteiger partial charge in [-0.1, -0.05) is 24.3 Å². The van der Waals surface area contributed by atoms with E-state index in [-0.39, 0.29) is 29.0 Å². The summed E-state index contributed by atoms with van der Waals surface area (Å²) >= 11 is 1.14. The quantitative estimate of drug-likeness (QED) is 0.211. The minimum Gasteiger partial charge on any atom is -0.378 e. The SMILES string of the molecule is CC(=O)N(c1nc(/C=C/C(=O)NCCNc2ccccc2[N+](=O)[O-])cs1)c1ccccc1F. The lowest BCUT2D eigenvalue weighted by Gasteiger charge is -2.18. The van der Waals surface area contributed by atoms with Crippen LogP contribution in [0.2, 0.25) is 0 Å². The van der Waals surface area contributed by atoms with E-state index in [1.54, 1.807) is 29.6 Å². The highest BCUT2D eigenvalue weighted by molar-refractivity contribution is 7.14. The Morgan fingerprint density at radius 1 is 1.18 bits per heavy atom. The zero-order valence-electron chi connectivity index (χ0n) is 17.5. The molecule has 3 aromatic rings. The summed E-state index contributed by atoms with van der Waals surface area (Å²) in [5, 5.41) is 18.5. The number of aromatic nitrogens is 1. The number of nitrogens with zero attached hydrogens (tertiary/aromatic N) is 3. The van der Waals surface area contributed by atoms with Gasteiger partial charge in [0.1, 0.15) is 11.5 Å². The van der Waals surface area contributed by atoms with Gasteiger partial charge in [-0.3, -0.25) is 24.6 Å². The summed E-state index contributed by atoms with van der Waals surface area (Å²) in [4.78, 5) is 40.1. The highest BCUT2D eigenvalue weighted by Crippen LogP contribution is 2.31. The molecule has 0 saturated heterocycles. The van der Waals surface area contributed by atoms with Crippen LogP contribution in [-0.4, -0.2) is 34.8 Å². The van der Waals surface area contributed by atoms with Crippen molar-refractivity contribution >= 4 is 51.4 Å². The van der Waals surface area contributed by atoms with Gasteiger partial charge in [0.05, 0.1) is 16.3 Å². The maximum absolute atomic E-state index is 14.1. The molecule has 2 N–H and O–H groups in total. The largest absolute Gasteiger partial charge is 0.378 e. The molecule has 0 unspecified atom stereocenters. The summed E-state index contributed by atoms with van der Waals surface area (Å²) in [6.45, 7) is 1.85. The van der Waals surface area contributed by atoms with Gasteiger partial charge in [-0.15, -0.1) is 11.3 Å². The first-order valence-electron chi connectivity index (χ1n) is 9.81. The number of nitro benzene ring substituents is 1. The highest BCUT2D eigenvalue weighted by atomic mass is 32.1. The molecule has 0 saturated carbocycles. The number of benzene rings is 2. The lowest BCUT2D eigenvalue weighted by Crippen LogP contribution is -2.27. The topological polar surface area (TPSA) is 117 Å². The van der Waals surface area contributed by atoms with Crippen molar-refractivity contribution in [1.29, 1.82) is 0 Å². The Hall–Kier alpha value is -4.12. The van der Waals surface area contributed by atoms with Gasteiger partial charge in [-0.05, 0) is 24.3 Å². The molecule has 0 spiro atoms. The molecule has 1 heterocycles. The third kappa shape index (κ3) is 6.20. The molecule has 0 aliphatic rings. The molecule has 9 nitrogen and oxygen atoms in total. The van der Waals surface area contributed by atoms with Crippen LogP contribution in [0.5, 0.6) is 0 Å². The average Bonchev–Trinajstić information content (AvgIpc) is 3.25. The third-order valence-electron chi connectivity index (χ3n) is 4.36. The maximum atomic E-state index is 14.1. The van der Waals surface area contributed by atoms with Gasteiger partial charge in [0.25, 0.3) is 5.69 Å². The van der Waals surface area contributed by atoms with Crippen molar-refractivity contribution in [1.82, 2.24) is 10.3 Å². The molecule has 2 aromatic carbocycles. The number of nitrogens with one attached hydrogen (secondary N) is 2. The Kier molecular flexibility index (Phi) is 7.82. The first-order valence-corrected chi connectivity index (χ1v) is 10.7. The van der Waals surface area contributed by atoms with Crippen LogP contribution in [0.4, 0.5) is 26.6 Å². The molecule has 0 fully saturated rings. The summed E-state index contributed by atoms with van der Waals surface area (Å²) in [6.07, 6.45) is 2.76. The van der Waals surface area contributed by atoms with Crippen LogP contribution < -0.4 is 15.5 Å². The number of hydrogen-bond donors (Lipinski definition) is 2. The van der Waals surface area contributed by atoms with Crippen LogP contribution in [-0.2, 0) is 9.59 Å². The predicted octanol–water partition coefficient (Wildman–Crippen LogP) is 4.12. The summed E-state index contributed by atoms with van der Waals surface area (Å²) < 4.78 is 14.1. The van der Waals surface area contributed by atoms with Crippen LogP contribution in [0.15, 0.2) is 60.0 Å². The van der Waals surface area contributed by atoms with Crippen LogP contribution in [0.3, 0.4) is 0 Å². The lowest BCUT2D eigenvalue weighted by molar-refractivity contribution is -0.384. The Balaban J connectivity index is 1.55. The number of carbonyl (C=O) groups excluding carboxylic acids is 2. The fraction of sp³-hybridized carbons (Fsp3) is 0.136. The van der Waals surface area contributed by atoms with Crippen LogP contribution in [0, 0.1) is 15.9 Å². The van der Waals surface area contributed by atoms with Gasteiger partial charge in [-0.25, -0.2) is 9.37 Å². The fourth-order valence-electron chi connectivity index (χ4n) is 2.88. The van der Waals surface area contributed by atoms with Crippen molar-refractivity contribution in [3.63, 3.8) is 0 Å². The smallest absolute Gasteiger partial charge is 0.292 e. The molecule has 3 rings (SSSR count). The number of thiazole rings is 1. The Labute approximate surface area is 192 Å². The minimum atomic E-state index is -0.547. The van der Waals surface area contributed by atoms with Gasteiger partial charge in [-0.2, -0.15) is 0 Å². The van der Waals surface area contributed by atoms with Crippen molar-refractivity contribution in [3.8, 4) is 0 Å². The van der Waals surface area contributed by atoms with E-state index in [0.29, 0.717) is 17.9 Å². The zero-order chi connectivity index (χ0) is 23.8. The second-order valence-electron chi connectivity index (χ2n) is 6.69. The molecule has 0 bridgehead atoms. The minimum absolute atomic E-state index is 0.0435. The van der Waals surface area contributed by atoms with Crippen molar-refractivity contribution in [3.05, 3.63) is 81.6 Å². The first-order chi connectivity index (χ1) is 15.9. The molecule has 0 atom stereocenters. The summed E-state index contributed by atoms with van der Waals surface area (Å²) in [6, 6.07) is 12.1. The molecule has 2 amide bonds. The van der Waals surface area contributed by atoms with Crippen molar-refractivity contribution in [2.45, 2.75) is 6.92 Å². The van der Waals surface area contributed by atoms with Crippen LogP contribution in [0.25, 0.3) is 6.08 Å². The summed E-state index contributed by atoms with van der Waals surface area (Å²) in [5.74, 6) is -1.32. The zero-order valence-corrected chi connectivity index (χ0v) is 18.3. The van der Waals surface area contributed by atoms with E-state index in [0.717, 1.165) is 11.3 Å². The van der Waals surface area contributed by atoms with E-state index in [1.807, 2.05) is 0 Å². The normalized spacial score (nSPS) is 10.7. The first kappa shape index (κ1) is 23.5. The van der Waals surface area contributed by atoms with Crippen molar-refractivity contribution in [2.75, 3.05) is 23.3 Å². The number of anilines is 3. The fourth-order valence-corrected chi connectivity index (χ4v) is 3.73. The highest BCUT2D eigenvalue weighted by Gasteiger charge is 2.20. The van der Waals surface area contributed by atoms with E-state index in [4.69, 9.17) is 0 Å². The number of amides is 2. The number of halogens is 1. The van der Waals surface area contributed by atoms with Gasteiger partial charge < -0.3 is 10.6 Å². The molecule has 33 heavy (non-hydrogen) atoms. The second-order valence-corrected chi connectivity index (χ2v) is 7.52. The van der Waals surface area contributed by atoms with Gasteiger partial charge in [0.2, 0.25) is 11.8 Å². The standard InChI is InChI=1S/C22H20FN5O4S/c1-15(29)27(19-8-4-2-6-17(19)23)22-26-16(14-33-22)10-11-21(30)25-13-12-24-18-7-3-5-9-20(18)28(31)32/h2-11,14,24H,12-13H2,1H3,(H,25,30)/b11-10+. The molecule has 0 radical (unpaired) electrons. The van der Waals surface area contributed by atoms with Crippen molar-refractivity contribution < 1.29 is 18.9 Å². The maximum Gasteiger partial charge on any atom is 0.292 e. The second kappa shape index (κ2) is 11.0. The molecular formula is C22H20FN5O4S. The summed E-state index contributed by atoms with van der Waals surface area (Å²) in [7, 11) is 0. The van der Waals surface area contributed by atoms with Gasteiger partial charge in [0, 0.05) is 37.5 Å². The molecule has 1 aromatic heterocycles. The Morgan fingerprint density at radius 3 is 2.64 bits per heavy atom. The van der Waals surface area contributed by atoms with E-state index in [1.165, 1.54) is 48.2 Å². The van der Waals surface area contributed by atoms with E-state index in [9.17, 15) is 24.1 Å². The monoisotopic (exact) mass is 469 g/mol. The summed E-state index contributed by atoms with van der Waals surface area (Å²) in [5.41, 5.74) is 0.856. The lowest BCUT2D eigenvalue weighted by atomic mass is 10.2. The van der Waals surface area contributed by atoms with Crippen molar-refractivity contribution in [2.24, 2.45) is 0 Å². The molecule has 0 aliphatic carbocycles. The molecular weight excluding hydrogens is 449 g/mol. The Bertz CT molecular complexity index is 1200. The Morgan fingerprint density at radius 2 is 1.91 bits per heavy atom. The van der Waals surface area contributed by atoms with Gasteiger partial charge >= 0.3 is 0 Å². The average molecular weight is 469 g/mol.